The molecule has 1 heterocycles. The van der Waals surface area contributed by atoms with E-state index in [1.165, 1.54) is 5.56 Å². The minimum Gasteiger partial charge on any atom is -0.316 e. The molecule has 18 heavy (non-hydrogen) atoms. The lowest BCUT2D eigenvalue weighted by atomic mass is 10.1. The van der Waals surface area contributed by atoms with Gasteiger partial charge >= 0.3 is 0 Å². The number of anilines is 1. The number of hydrogen-bond acceptors (Lipinski definition) is 3. The van der Waals surface area contributed by atoms with Gasteiger partial charge in [-0.05, 0) is 37.1 Å². The lowest BCUT2D eigenvalue weighted by Gasteiger charge is -2.26. The molecular weight excluding hydrogens is 248 g/mol. The van der Waals surface area contributed by atoms with E-state index in [-0.39, 0.29) is 5.75 Å². The van der Waals surface area contributed by atoms with Crippen molar-refractivity contribution < 1.29 is 8.42 Å². The summed E-state index contributed by atoms with van der Waals surface area (Å²) in [5.41, 5.74) is 2.01. The molecule has 1 fully saturated rings. The van der Waals surface area contributed by atoms with Crippen LogP contribution in [0.15, 0.2) is 24.3 Å². The summed E-state index contributed by atoms with van der Waals surface area (Å²) in [6, 6.07) is 7.82. The zero-order chi connectivity index (χ0) is 13.0. The largest absolute Gasteiger partial charge is 0.316 e. The van der Waals surface area contributed by atoms with Crippen LogP contribution >= 0.6 is 0 Å². The number of nitrogens with zero attached hydrogens (tertiary/aromatic N) is 1. The normalized spacial score (nSPS) is 20.2. The minimum absolute atomic E-state index is 0.169. The van der Waals surface area contributed by atoms with Gasteiger partial charge in [-0.15, -0.1) is 0 Å². The highest BCUT2D eigenvalue weighted by atomic mass is 32.2. The summed E-state index contributed by atoms with van der Waals surface area (Å²) in [6.07, 6.45) is 1.81. The summed E-state index contributed by atoms with van der Waals surface area (Å²) in [5, 5.41) is 3.13. The van der Waals surface area contributed by atoms with Gasteiger partial charge in [0, 0.05) is 13.1 Å². The number of nitrogens with one attached hydrogen (secondary N) is 1. The second-order valence-electron chi connectivity index (χ2n) is 4.51. The summed E-state index contributed by atoms with van der Waals surface area (Å²) in [7, 11) is -3.19. The Morgan fingerprint density at radius 1 is 1.22 bits per heavy atom. The summed E-state index contributed by atoms with van der Waals surface area (Å²) >= 11 is 0. The predicted octanol–water partition coefficient (Wildman–Crippen LogP) is 1.38. The second-order valence-corrected chi connectivity index (χ2v) is 6.52. The van der Waals surface area contributed by atoms with Crippen LogP contribution in [0.1, 0.15) is 18.9 Å². The van der Waals surface area contributed by atoms with Crippen LogP contribution in [0.5, 0.6) is 0 Å². The third-order valence-corrected chi connectivity index (χ3v) is 5.00. The van der Waals surface area contributed by atoms with E-state index in [9.17, 15) is 8.42 Å². The van der Waals surface area contributed by atoms with Crippen LogP contribution in [-0.4, -0.2) is 33.8 Å². The molecule has 0 amide bonds. The summed E-state index contributed by atoms with van der Waals surface area (Å²) in [5.74, 6) is 0.169. The monoisotopic (exact) mass is 268 g/mol. The predicted molar refractivity (Wildman–Crippen MR) is 74.4 cm³/mol. The van der Waals surface area contributed by atoms with E-state index in [0.717, 1.165) is 25.1 Å². The summed E-state index contributed by atoms with van der Waals surface area (Å²) in [4.78, 5) is 0. The van der Waals surface area contributed by atoms with Gasteiger partial charge in [0.1, 0.15) is 0 Å². The van der Waals surface area contributed by atoms with E-state index in [1.54, 1.807) is 4.31 Å². The van der Waals surface area contributed by atoms with Crippen LogP contribution in [0.25, 0.3) is 0 Å². The molecule has 0 atom stereocenters. The zero-order valence-corrected chi connectivity index (χ0v) is 11.5. The first-order chi connectivity index (χ1) is 8.63. The maximum atomic E-state index is 12.2. The number of hydrogen-bond donors (Lipinski definition) is 1. The van der Waals surface area contributed by atoms with Crippen molar-refractivity contribution in [3.05, 3.63) is 29.8 Å². The molecule has 2 rings (SSSR count). The third kappa shape index (κ3) is 3.03. The van der Waals surface area contributed by atoms with Crippen LogP contribution in [0.3, 0.4) is 0 Å². The van der Waals surface area contributed by atoms with Gasteiger partial charge in [0.05, 0.1) is 11.4 Å². The molecule has 4 nitrogen and oxygen atoms in total. The highest BCUT2D eigenvalue weighted by molar-refractivity contribution is 7.92. The van der Waals surface area contributed by atoms with Crippen LogP contribution in [0, 0.1) is 0 Å². The Balaban J connectivity index is 2.26. The first kappa shape index (κ1) is 13.4. The molecule has 5 heteroatoms. The Kier molecular flexibility index (Phi) is 4.24. The van der Waals surface area contributed by atoms with Crippen LogP contribution in [-0.2, 0) is 16.4 Å². The number of aryl methyl sites for hydroxylation is 1. The highest BCUT2D eigenvalue weighted by Crippen LogP contribution is 2.20. The quantitative estimate of drug-likeness (QED) is 0.881. The van der Waals surface area contributed by atoms with Crippen LogP contribution in [0.2, 0.25) is 0 Å². The minimum atomic E-state index is -3.19. The second kappa shape index (κ2) is 5.71. The fourth-order valence-electron chi connectivity index (χ4n) is 2.11. The molecule has 1 aliphatic heterocycles. The first-order valence-corrected chi connectivity index (χ1v) is 8.04. The summed E-state index contributed by atoms with van der Waals surface area (Å²) in [6.45, 7) is 4.05. The van der Waals surface area contributed by atoms with Crippen molar-refractivity contribution in [1.29, 1.82) is 0 Å². The average Bonchev–Trinajstić information content (AvgIpc) is 2.35. The average molecular weight is 268 g/mol. The van der Waals surface area contributed by atoms with Crippen molar-refractivity contribution in [2.45, 2.75) is 19.8 Å². The van der Waals surface area contributed by atoms with Crippen molar-refractivity contribution in [1.82, 2.24) is 5.32 Å². The van der Waals surface area contributed by atoms with Gasteiger partial charge in [-0.25, -0.2) is 8.42 Å². The van der Waals surface area contributed by atoms with Gasteiger partial charge in [0.15, 0.2) is 0 Å². The van der Waals surface area contributed by atoms with E-state index >= 15 is 0 Å². The van der Waals surface area contributed by atoms with Crippen molar-refractivity contribution in [2.24, 2.45) is 0 Å². The fourth-order valence-corrected chi connectivity index (χ4v) is 3.58. The highest BCUT2D eigenvalue weighted by Gasteiger charge is 2.23. The molecule has 0 radical (unpaired) electrons. The van der Waals surface area contributed by atoms with Gasteiger partial charge in [-0.1, -0.05) is 19.1 Å². The van der Waals surface area contributed by atoms with Crippen LogP contribution < -0.4 is 9.62 Å². The van der Waals surface area contributed by atoms with Gasteiger partial charge in [-0.2, -0.15) is 0 Å². The van der Waals surface area contributed by atoms with E-state index in [1.807, 2.05) is 24.3 Å². The lowest BCUT2D eigenvalue weighted by Crippen LogP contribution is -2.41. The molecule has 1 aromatic carbocycles. The topological polar surface area (TPSA) is 49.4 Å². The van der Waals surface area contributed by atoms with E-state index < -0.39 is 10.0 Å². The van der Waals surface area contributed by atoms with Gasteiger partial charge in [0.25, 0.3) is 0 Å². The molecule has 100 valence electrons. The maximum absolute atomic E-state index is 12.2. The molecule has 1 saturated heterocycles. The Bertz CT molecular complexity index is 482. The zero-order valence-electron chi connectivity index (χ0n) is 10.7. The van der Waals surface area contributed by atoms with Gasteiger partial charge in [-0.3, -0.25) is 4.31 Å². The molecule has 1 N–H and O–H groups in total. The Hall–Kier alpha value is -1.07. The molecule has 0 unspecified atom stereocenters. The summed E-state index contributed by atoms with van der Waals surface area (Å²) < 4.78 is 25.9. The molecular formula is C13H20N2O2S. The van der Waals surface area contributed by atoms with Crippen molar-refractivity contribution in [2.75, 3.05) is 29.7 Å². The number of rotatable bonds is 2. The molecule has 0 bridgehead atoms. The van der Waals surface area contributed by atoms with Crippen LogP contribution in [0.4, 0.5) is 5.69 Å². The van der Waals surface area contributed by atoms with E-state index in [2.05, 4.69) is 12.2 Å². The number of sulfonamides is 1. The van der Waals surface area contributed by atoms with E-state index in [0.29, 0.717) is 13.1 Å². The molecule has 1 aliphatic rings. The standard InChI is InChI=1S/C13H20N2O2S/c1-2-12-4-6-13(7-5-12)15-10-3-8-14-9-11-18(15,16)17/h4-7,14H,2-3,8-11H2,1H3. The van der Waals surface area contributed by atoms with Crippen molar-refractivity contribution >= 4 is 15.7 Å². The first-order valence-electron chi connectivity index (χ1n) is 6.43. The molecule has 0 spiro atoms. The Morgan fingerprint density at radius 2 is 1.94 bits per heavy atom. The Morgan fingerprint density at radius 3 is 2.61 bits per heavy atom. The van der Waals surface area contributed by atoms with Gasteiger partial charge < -0.3 is 5.32 Å². The maximum Gasteiger partial charge on any atom is 0.236 e. The van der Waals surface area contributed by atoms with Crippen molar-refractivity contribution in [3.63, 3.8) is 0 Å². The third-order valence-electron chi connectivity index (χ3n) is 3.22. The Labute approximate surface area is 109 Å². The molecule has 1 aromatic rings. The lowest BCUT2D eigenvalue weighted by molar-refractivity contribution is 0.572. The molecule has 0 aliphatic carbocycles. The SMILES string of the molecule is CCc1ccc(N2CCCNCCS2(=O)=O)cc1. The number of benzene rings is 1. The fraction of sp³-hybridized carbons (Fsp3) is 0.538. The van der Waals surface area contributed by atoms with Gasteiger partial charge in [0.2, 0.25) is 10.0 Å². The van der Waals surface area contributed by atoms with Crippen molar-refractivity contribution in [3.8, 4) is 0 Å². The molecule has 0 aromatic heterocycles. The van der Waals surface area contributed by atoms with E-state index in [4.69, 9.17) is 0 Å². The molecule has 0 saturated carbocycles. The smallest absolute Gasteiger partial charge is 0.236 e.